The molecule has 0 aromatic carbocycles. The number of hydrogen-bond acceptors (Lipinski definition) is 5. The fourth-order valence-electron chi connectivity index (χ4n) is 0.109. The molecule has 0 bridgehead atoms. The van der Waals surface area contributed by atoms with Crippen LogP contribution >= 0.6 is 0 Å². The van der Waals surface area contributed by atoms with Crippen molar-refractivity contribution in [2.45, 2.75) is 0 Å². The Morgan fingerprint density at radius 2 is 1.10 bits per heavy atom. The predicted octanol–water partition coefficient (Wildman–Crippen LogP) is -2.04. The van der Waals surface area contributed by atoms with Crippen LogP contribution in [-0.4, -0.2) is 31.4 Å². The van der Waals surface area contributed by atoms with Gasteiger partial charge in [0.05, 0.1) is 0 Å². The van der Waals surface area contributed by atoms with Crippen molar-refractivity contribution in [3.8, 4) is 0 Å². The van der Waals surface area contributed by atoms with Gasteiger partial charge < -0.3 is 0 Å². The maximum absolute atomic E-state index is 9.53. The van der Waals surface area contributed by atoms with Crippen molar-refractivity contribution in [2.24, 2.45) is 0 Å². The Kier molecular flexibility index (Phi) is 5.49. The van der Waals surface area contributed by atoms with E-state index < -0.39 is 27.2 Å². The first-order chi connectivity index (χ1) is 3.71. The molecule has 0 fully saturated rings. The van der Waals surface area contributed by atoms with Crippen LogP contribution in [0.4, 0.5) is 0 Å². The van der Waals surface area contributed by atoms with Crippen LogP contribution in [0, 0.1) is 0 Å². The maximum atomic E-state index is 9.53. The van der Waals surface area contributed by atoms with Crippen molar-refractivity contribution in [3.05, 3.63) is 0 Å². The standard InChI is InChI=1S/2Cr.Mg.2H2O.5O/h;;;2*1H2;;;;;/q2*+1;;;;;;;;/p-2. The van der Waals surface area contributed by atoms with Gasteiger partial charge in [0, 0.05) is 23.1 Å². The van der Waals surface area contributed by atoms with Gasteiger partial charge in [0.25, 0.3) is 0 Å². The Hall–Kier alpha value is 0.911. The minimum atomic E-state index is -5.76. The van der Waals surface area contributed by atoms with Gasteiger partial charge in [-0.1, -0.05) is 0 Å². The van der Waals surface area contributed by atoms with Crippen LogP contribution in [0.15, 0.2) is 0 Å². The normalized spacial score (nSPS) is 12.2. The van der Waals surface area contributed by atoms with E-state index in [4.69, 9.17) is 8.32 Å². The third-order valence-corrected chi connectivity index (χ3v) is 2.92. The summed E-state index contributed by atoms with van der Waals surface area (Å²) in [4.78, 5) is 0. The molecule has 0 aromatic heterocycles. The Labute approximate surface area is 76.3 Å². The summed E-state index contributed by atoms with van der Waals surface area (Å²) >= 11 is -11.5. The molecule has 0 heterocycles. The summed E-state index contributed by atoms with van der Waals surface area (Å²) in [7, 11) is 0. The van der Waals surface area contributed by atoms with E-state index in [1.165, 1.54) is 0 Å². The SMILES string of the molecule is [Mg].[O]=[Cr](=[O])([OH])[O][Cr](=[O])(=[O])[OH]. The molecule has 0 atom stereocenters. The second-order valence-electron chi connectivity index (χ2n) is 0.924. The topological polar surface area (TPSA) is 118 Å². The minimum absolute atomic E-state index is 0. The molecule has 0 aliphatic heterocycles. The Morgan fingerprint density at radius 3 is 1.10 bits per heavy atom. The second kappa shape index (κ2) is 4.07. The predicted molar refractivity (Wildman–Crippen MR) is 14.0 cm³/mol. The Morgan fingerprint density at radius 1 is 0.900 bits per heavy atom. The number of hydrogen-bond donors (Lipinski definition) is 2. The van der Waals surface area contributed by atoms with E-state index >= 15 is 0 Å². The van der Waals surface area contributed by atoms with E-state index in [2.05, 4.69) is 2.84 Å². The third kappa shape index (κ3) is 11.7. The fraction of sp³-hybridized carbons (Fsp3) is 0. The molecule has 0 saturated carbocycles. The van der Waals surface area contributed by atoms with Gasteiger partial charge in [0.2, 0.25) is 0 Å². The van der Waals surface area contributed by atoms with E-state index in [1.807, 2.05) is 0 Å². The fourth-order valence-corrected chi connectivity index (χ4v) is 1.85. The molecule has 0 aromatic rings. The molecule has 7 nitrogen and oxygen atoms in total. The van der Waals surface area contributed by atoms with Gasteiger partial charge in [0.1, 0.15) is 0 Å². The summed E-state index contributed by atoms with van der Waals surface area (Å²) < 4.78 is 56.3. The molecule has 0 spiro atoms. The molecule has 0 amide bonds. The number of rotatable bonds is 2. The molecule has 0 aliphatic rings. The molecular weight excluding hydrogens is 240 g/mol. The molecule has 0 rings (SSSR count). The monoisotopic (exact) mass is 242 g/mol. The molecule has 0 saturated heterocycles. The summed E-state index contributed by atoms with van der Waals surface area (Å²) in [6.45, 7) is 0. The summed E-state index contributed by atoms with van der Waals surface area (Å²) in [6.07, 6.45) is 0. The summed E-state index contributed by atoms with van der Waals surface area (Å²) in [5.41, 5.74) is 0. The summed E-state index contributed by atoms with van der Waals surface area (Å²) in [5, 5.41) is 0. The molecule has 0 unspecified atom stereocenters. The zero-order valence-electron chi connectivity index (χ0n) is 4.46. The van der Waals surface area contributed by atoms with Gasteiger partial charge in [-0.2, -0.15) is 0 Å². The van der Waals surface area contributed by atoms with Gasteiger partial charge in [-0.05, 0) is 0 Å². The van der Waals surface area contributed by atoms with Crippen molar-refractivity contribution >= 4 is 23.1 Å². The van der Waals surface area contributed by atoms with E-state index in [0.717, 1.165) is 0 Å². The van der Waals surface area contributed by atoms with Crippen LogP contribution in [0.1, 0.15) is 0 Å². The van der Waals surface area contributed by atoms with Crippen molar-refractivity contribution < 1.29 is 53.6 Å². The second-order valence-corrected chi connectivity index (χ2v) is 4.68. The average molecular weight is 242 g/mol. The Bertz CT molecular complexity index is 237. The van der Waals surface area contributed by atoms with E-state index in [9.17, 15) is 15.2 Å². The van der Waals surface area contributed by atoms with Crippen LogP contribution in [0.3, 0.4) is 0 Å². The van der Waals surface area contributed by atoms with Crippen LogP contribution in [0.25, 0.3) is 0 Å². The third-order valence-electron chi connectivity index (χ3n) is 0.172. The molecule has 2 radical (unpaired) electrons. The van der Waals surface area contributed by atoms with Crippen molar-refractivity contribution in [3.63, 3.8) is 0 Å². The van der Waals surface area contributed by atoms with Crippen LogP contribution in [0.2, 0.25) is 0 Å². The zero-order valence-corrected chi connectivity index (χ0v) is 8.42. The molecule has 10 heavy (non-hydrogen) atoms. The van der Waals surface area contributed by atoms with Crippen molar-refractivity contribution in [2.75, 3.05) is 0 Å². The first kappa shape index (κ1) is 13.5. The molecule has 2 N–H and O–H groups in total. The average Bonchev–Trinajstić information content (AvgIpc) is 1.14. The van der Waals surface area contributed by atoms with Crippen molar-refractivity contribution in [1.29, 1.82) is 0 Å². The quantitative estimate of drug-likeness (QED) is 0.535. The van der Waals surface area contributed by atoms with Crippen molar-refractivity contribution in [1.82, 2.24) is 0 Å². The Balaban J connectivity index is 0. The van der Waals surface area contributed by atoms with Crippen LogP contribution in [0.5, 0.6) is 0 Å². The molecule has 58 valence electrons. The summed E-state index contributed by atoms with van der Waals surface area (Å²) in [6, 6.07) is 0. The summed E-state index contributed by atoms with van der Waals surface area (Å²) in [5.74, 6) is 0. The van der Waals surface area contributed by atoms with Gasteiger partial charge in [0.15, 0.2) is 0 Å². The van der Waals surface area contributed by atoms with Crippen LogP contribution < -0.4 is 0 Å². The van der Waals surface area contributed by atoms with E-state index in [-0.39, 0.29) is 23.1 Å². The zero-order chi connectivity index (χ0) is 7.71. The van der Waals surface area contributed by atoms with Crippen LogP contribution in [-0.2, 0) is 45.3 Å². The van der Waals surface area contributed by atoms with Gasteiger partial charge in [-0.3, -0.25) is 0 Å². The molecule has 0 aliphatic carbocycles. The molecular formula is H2Cr2MgO7. The van der Waals surface area contributed by atoms with Gasteiger partial charge in [-0.25, -0.2) is 0 Å². The van der Waals surface area contributed by atoms with Gasteiger partial charge >= 0.3 is 53.6 Å². The first-order valence-corrected chi connectivity index (χ1v) is 5.63. The van der Waals surface area contributed by atoms with E-state index in [0.29, 0.717) is 0 Å². The van der Waals surface area contributed by atoms with Gasteiger partial charge in [-0.15, -0.1) is 0 Å². The van der Waals surface area contributed by atoms with E-state index in [1.54, 1.807) is 0 Å². The molecule has 10 heteroatoms. The first-order valence-electron chi connectivity index (χ1n) is 1.37.